The van der Waals surface area contributed by atoms with E-state index in [1.165, 1.54) is 13.2 Å². The van der Waals surface area contributed by atoms with Gasteiger partial charge in [-0.15, -0.1) is 0 Å². The summed E-state index contributed by atoms with van der Waals surface area (Å²) < 4.78 is 4.99. The van der Waals surface area contributed by atoms with E-state index in [9.17, 15) is 9.90 Å². The summed E-state index contributed by atoms with van der Waals surface area (Å²) in [6.45, 7) is 2.96. The molecule has 0 saturated heterocycles. The number of phenolic OH excluding ortho intramolecular Hbond substituents is 1. The van der Waals surface area contributed by atoms with Crippen molar-refractivity contribution in [2.24, 2.45) is 0 Å². The van der Waals surface area contributed by atoms with Crippen LogP contribution in [-0.4, -0.2) is 31.2 Å². The number of phenols is 1. The summed E-state index contributed by atoms with van der Waals surface area (Å²) in [5, 5.41) is 15.9. The number of methoxy groups -OCH3 is 1. The molecule has 5 nitrogen and oxygen atoms in total. The van der Waals surface area contributed by atoms with E-state index >= 15 is 0 Å². The summed E-state index contributed by atoms with van der Waals surface area (Å²) >= 11 is 5.89. The molecule has 0 aliphatic carbocycles. The Labute approximate surface area is 111 Å². The van der Waals surface area contributed by atoms with Crippen molar-refractivity contribution >= 4 is 17.5 Å². The molecule has 18 heavy (non-hydrogen) atoms. The van der Waals surface area contributed by atoms with Crippen LogP contribution in [0.4, 0.5) is 0 Å². The van der Waals surface area contributed by atoms with E-state index in [-0.39, 0.29) is 18.2 Å². The molecule has 100 valence electrons. The predicted molar refractivity (Wildman–Crippen MR) is 70.1 cm³/mol. The van der Waals surface area contributed by atoms with Crippen LogP contribution in [0.3, 0.4) is 0 Å². The summed E-state index contributed by atoms with van der Waals surface area (Å²) in [6.07, 6.45) is 0. The highest BCUT2D eigenvalue weighted by Crippen LogP contribution is 2.33. The molecule has 1 rings (SSSR count). The van der Waals surface area contributed by atoms with Crippen LogP contribution in [0.15, 0.2) is 12.1 Å². The van der Waals surface area contributed by atoms with E-state index in [0.717, 1.165) is 0 Å². The Morgan fingerprint density at radius 2 is 2.22 bits per heavy atom. The average Bonchev–Trinajstić information content (AvgIpc) is 2.33. The maximum Gasteiger partial charge on any atom is 0.233 e. The zero-order valence-electron chi connectivity index (χ0n) is 10.4. The first-order valence-electron chi connectivity index (χ1n) is 5.61. The van der Waals surface area contributed by atoms with Crippen LogP contribution >= 0.6 is 11.6 Å². The zero-order chi connectivity index (χ0) is 13.5. The van der Waals surface area contributed by atoms with Crippen molar-refractivity contribution in [1.82, 2.24) is 10.6 Å². The minimum absolute atomic E-state index is 0.0327. The van der Waals surface area contributed by atoms with Crippen molar-refractivity contribution in [2.75, 3.05) is 20.2 Å². The SMILES string of the molecule is CCNC(=O)CNCc1cc(Cl)cc(OC)c1O. The van der Waals surface area contributed by atoms with Crippen LogP contribution < -0.4 is 15.4 Å². The summed E-state index contributed by atoms with van der Waals surface area (Å²) in [7, 11) is 1.46. The molecular formula is C12H17ClN2O3. The average molecular weight is 273 g/mol. The van der Waals surface area contributed by atoms with Gasteiger partial charge in [0.15, 0.2) is 11.5 Å². The van der Waals surface area contributed by atoms with Crippen LogP contribution in [0.2, 0.25) is 5.02 Å². The maximum absolute atomic E-state index is 11.2. The molecule has 0 aliphatic rings. The quantitative estimate of drug-likeness (QED) is 0.730. The molecule has 0 aliphatic heterocycles. The van der Waals surface area contributed by atoms with E-state index in [1.54, 1.807) is 6.07 Å². The Kier molecular flexibility index (Phi) is 5.74. The van der Waals surface area contributed by atoms with Crippen molar-refractivity contribution in [2.45, 2.75) is 13.5 Å². The molecule has 6 heteroatoms. The number of aromatic hydroxyl groups is 1. The molecule has 0 aromatic heterocycles. The number of halogens is 1. The third-order valence-corrected chi connectivity index (χ3v) is 2.53. The molecule has 1 aromatic carbocycles. The van der Waals surface area contributed by atoms with Crippen LogP contribution in [0, 0.1) is 0 Å². The highest BCUT2D eigenvalue weighted by Gasteiger charge is 2.10. The fourth-order valence-electron chi connectivity index (χ4n) is 1.49. The number of carbonyl (C=O) groups excluding carboxylic acids is 1. The lowest BCUT2D eigenvalue weighted by Crippen LogP contribution is -2.33. The Hall–Kier alpha value is -1.46. The number of benzene rings is 1. The monoisotopic (exact) mass is 272 g/mol. The topological polar surface area (TPSA) is 70.6 Å². The first-order chi connectivity index (χ1) is 8.58. The third-order valence-electron chi connectivity index (χ3n) is 2.31. The van der Waals surface area contributed by atoms with Gasteiger partial charge in [-0.2, -0.15) is 0 Å². The van der Waals surface area contributed by atoms with Gasteiger partial charge in [0.25, 0.3) is 0 Å². The minimum atomic E-state index is -0.0917. The molecule has 0 atom stereocenters. The Morgan fingerprint density at radius 1 is 1.50 bits per heavy atom. The van der Waals surface area contributed by atoms with Crippen LogP contribution in [0.25, 0.3) is 0 Å². The van der Waals surface area contributed by atoms with E-state index in [2.05, 4.69) is 10.6 Å². The van der Waals surface area contributed by atoms with Crippen molar-refractivity contribution < 1.29 is 14.6 Å². The van der Waals surface area contributed by atoms with Crippen LogP contribution in [0.1, 0.15) is 12.5 Å². The Morgan fingerprint density at radius 3 is 2.83 bits per heavy atom. The molecule has 3 N–H and O–H groups in total. The normalized spacial score (nSPS) is 10.2. The van der Waals surface area contributed by atoms with Gasteiger partial charge in [0.2, 0.25) is 5.91 Å². The van der Waals surface area contributed by atoms with E-state index in [1.807, 2.05) is 6.92 Å². The third kappa shape index (κ3) is 4.09. The van der Waals surface area contributed by atoms with Gasteiger partial charge in [-0.25, -0.2) is 0 Å². The summed E-state index contributed by atoms with van der Waals surface area (Å²) in [5.74, 6) is 0.258. The summed E-state index contributed by atoms with van der Waals surface area (Å²) in [5.41, 5.74) is 0.587. The van der Waals surface area contributed by atoms with Gasteiger partial charge in [-0.1, -0.05) is 11.6 Å². The lowest BCUT2D eigenvalue weighted by molar-refractivity contribution is -0.120. The molecule has 0 radical (unpaired) electrons. The van der Waals surface area contributed by atoms with Gasteiger partial charge in [-0.05, 0) is 13.0 Å². The number of rotatable bonds is 6. The lowest BCUT2D eigenvalue weighted by Gasteiger charge is -2.10. The highest BCUT2D eigenvalue weighted by atomic mass is 35.5. The molecule has 0 spiro atoms. The first-order valence-corrected chi connectivity index (χ1v) is 5.99. The summed E-state index contributed by atoms with van der Waals surface area (Å²) in [6, 6.07) is 3.16. The number of likely N-dealkylation sites (N-methyl/N-ethyl adjacent to an activating group) is 1. The van der Waals surface area contributed by atoms with E-state index in [0.29, 0.717) is 29.4 Å². The molecule has 0 saturated carbocycles. The van der Waals surface area contributed by atoms with Gasteiger partial charge < -0.3 is 20.5 Å². The number of hydrogen-bond acceptors (Lipinski definition) is 4. The number of carbonyl (C=O) groups is 1. The van der Waals surface area contributed by atoms with Gasteiger partial charge in [0.1, 0.15) is 0 Å². The molecule has 0 unspecified atom stereocenters. The van der Waals surface area contributed by atoms with Crippen molar-refractivity contribution in [3.8, 4) is 11.5 Å². The van der Waals surface area contributed by atoms with Gasteiger partial charge in [0.05, 0.1) is 13.7 Å². The molecule has 1 amide bonds. The number of nitrogens with one attached hydrogen (secondary N) is 2. The van der Waals surface area contributed by atoms with Gasteiger partial charge in [-0.3, -0.25) is 4.79 Å². The van der Waals surface area contributed by atoms with Crippen LogP contribution in [0.5, 0.6) is 11.5 Å². The molecule has 1 aromatic rings. The molecule has 0 heterocycles. The van der Waals surface area contributed by atoms with Crippen molar-refractivity contribution in [3.05, 3.63) is 22.7 Å². The van der Waals surface area contributed by atoms with Crippen molar-refractivity contribution in [1.29, 1.82) is 0 Å². The standard InChI is InChI=1S/C12H17ClN2O3/c1-3-15-11(16)7-14-6-8-4-9(13)5-10(18-2)12(8)17/h4-5,14,17H,3,6-7H2,1-2H3,(H,15,16). The Bertz CT molecular complexity index is 424. The second-order valence-electron chi connectivity index (χ2n) is 3.67. The largest absolute Gasteiger partial charge is 0.504 e. The fraction of sp³-hybridized carbons (Fsp3) is 0.417. The minimum Gasteiger partial charge on any atom is -0.504 e. The zero-order valence-corrected chi connectivity index (χ0v) is 11.2. The number of ether oxygens (including phenoxy) is 1. The van der Waals surface area contributed by atoms with Gasteiger partial charge >= 0.3 is 0 Å². The Balaban J connectivity index is 2.62. The smallest absolute Gasteiger partial charge is 0.233 e. The van der Waals surface area contributed by atoms with Gasteiger partial charge in [0, 0.05) is 29.7 Å². The highest BCUT2D eigenvalue weighted by molar-refractivity contribution is 6.30. The molecule has 0 fully saturated rings. The van der Waals surface area contributed by atoms with Crippen LogP contribution in [-0.2, 0) is 11.3 Å². The molecule has 0 bridgehead atoms. The first kappa shape index (κ1) is 14.6. The van der Waals surface area contributed by atoms with E-state index < -0.39 is 0 Å². The number of amides is 1. The summed E-state index contributed by atoms with van der Waals surface area (Å²) in [4.78, 5) is 11.2. The number of hydrogen-bond donors (Lipinski definition) is 3. The molecular weight excluding hydrogens is 256 g/mol. The van der Waals surface area contributed by atoms with Crippen molar-refractivity contribution in [3.63, 3.8) is 0 Å². The fourth-order valence-corrected chi connectivity index (χ4v) is 1.72. The predicted octanol–water partition coefficient (Wildman–Crippen LogP) is 1.28. The second kappa shape index (κ2) is 7.08. The second-order valence-corrected chi connectivity index (χ2v) is 4.11. The lowest BCUT2D eigenvalue weighted by atomic mass is 10.2. The maximum atomic E-state index is 11.2. The van der Waals surface area contributed by atoms with E-state index in [4.69, 9.17) is 16.3 Å².